The van der Waals surface area contributed by atoms with E-state index in [4.69, 9.17) is 21.1 Å². The van der Waals surface area contributed by atoms with Crippen molar-refractivity contribution >= 4 is 80.2 Å². The number of hydrogen-bond donors (Lipinski definition) is 8. The molecular weight excluding hydrogens is 468 g/mol. The van der Waals surface area contributed by atoms with Crippen molar-refractivity contribution in [3.05, 3.63) is 0 Å². The van der Waals surface area contributed by atoms with Crippen LogP contribution in [0.25, 0.3) is 0 Å². The summed E-state index contributed by atoms with van der Waals surface area (Å²) >= 11 is 16.4. The van der Waals surface area contributed by atoms with Gasteiger partial charge in [0.2, 0.25) is 11.8 Å². The van der Waals surface area contributed by atoms with E-state index in [0.29, 0.717) is 0 Å². The minimum atomic E-state index is -1.22. The van der Waals surface area contributed by atoms with Gasteiger partial charge in [-0.2, -0.15) is 25.3 Å². The smallest absolute Gasteiger partial charge is 0.373 e. The van der Waals surface area contributed by atoms with Gasteiger partial charge in [0.15, 0.2) is 0 Å². The molecule has 0 aliphatic rings. The van der Waals surface area contributed by atoms with E-state index in [9.17, 15) is 24.0 Å². The Bertz CT molecular complexity index is 608. The summed E-state index contributed by atoms with van der Waals surface area (Å²) in [6.45, 7) is -0.567. The third-order valence-corrected chi connectivity index (χ3v) is 4.18. The molecule has 0 unspecified atom stereocenters. The lowest BCUT2D eigenvalue weighted by Gasteiger charge is -2.16. The first-order chi connectivity index (χ1) is 13.4. The van der Waals surface area contributed by atoms with E-state index in [0.717, 1.165) is 3.35 Å². The minimum absolute atomic E-state index is 0.0256. The van der Waals surface area contributed by atoms with Crippen LogP contribution in [-0.4, -0.2) is 84.6 Å². The predicted molar refractivity (Wildman–Crippen MR) is 112 cm³/mol. The normalized spacial score (nSPS) is 12.9. The van der Waals surface area contributed by atoms with E-state index in [1.165, 1.54) is 0 Å². The summed E-state index contributed by atoms with van der Waals surface area (Å²) in [7, 11) is 0. The van der Waals surface area contributed by atoms with Crippen LogP contribution < -0.4 is 16.4 Å². The van der Waals surface area contributed by atoms with Gasteiger partial charge in [-0.25, -0.2) is 8.15 Å². The molecule has 0 heterocycles. The van der Waals surface area contributed by atoms with Crippen molar-refractivity contribution in [3.8, 4) is 0 Å². The molecule has 29 heavy (non-hydrogen) atoms. The average Bonchev–Trinajstić information content (AvgIpc) is 2.62. The van der Waals surface area contributed by atoms with E-state index < -0.39 is 54.4 Å². The lowest BCUT2D eigenvalue weighted by molar-refractivity contribution is -0.348. The van der Waals surface area contributed by atoms with Crippen LogP contribution in [0.5, 0.6) is 0 Å². The number of carbonyl (C=O) groups excluding carboxylic acids is 2. The van der Waals surface area contributed by atoms with Crippen molar-refractivity contribution in [1.82, 2.24) is 10.6 Å². The molecule has 0 saturated heterocycles. The number of thiol groups is 2. The molecule has 0 aliphatic carbocycles. The van der Waals surface area contributed by atoms with Gasteiger partial charge in [0.25, 0.3) is 6.04 Å². The zero-order chi connectivity index (χ0) is 23.1. The third kappa shape index (κ3) is 14.8. The van der Waals surface area contributed by atoms with Crippen LogP contribution in [0, 0.1) is 0 Å². The Balaban J connectivity index is 0. The van der Waals surface area contributed by atoms with Crippen LogP contribution >= 0.6 is 25.3 Å². The standard InChI is InChI=1S/C10H17N3O6S.C3H5NO2S3/c11-5(10(18)19)1-2-7(14)13-6(4-20)9(17)12-3-8(15)16;5-3(6)2(1-7)4(8)9/h5-6,20H,1-4,11H2,(H,12,17)(H,13,14)(H,15,16)(H,18,19);2,7H,1H2,(H,5,6)/t5-,6-;2-/m00/s1. The molecule has 0 saturated carbocycles. The van der Waals surface area contributed by atoms with Crippen molar-refractivity contribution in [2.75, 3.05) is 18.1 Å². The Morgan fingerprint density at radius 3 is 1.93 bits per heavy atom. The summed E-state index contributed by atoms with van der Waals surface area (Å²) in [5, 5.41) is 29.7. The molecule has 3 atom stereocenters. The molecule has 0 fully saturated rings. The summed E-state index contributed by atoms with van der Waals surface area (Å²) in [6, 6.07) is -2.99. The van der Waals surface area contributed by atoms with Gasteiger partial charge >= 0.3 is 17.9 Å². The molecule has 0 aromatic rings. The fraction of sp³-hybridized carbons (Fsp3) is 0.615. The SMILES string of the molecule is N[C@@H](CCC(=O)N[C@@H](CS)C(=O)NCC(=O)O)C(=O)O.O=C(O)[C@H](CS)[N+](=S)[S-]. The van der Waals surface area contributed by atoms with Crippen LogP contribution in [0.2, 0.25) is 0 Å². The quantitative estimate of drug-likeness (QED) is 0.0808. The highest BCUT2D eigenvalue weighted by Crippen LogP contribution is 1.97. The van der Waals surface area contributed by atoms with Gasteiger partial charge in [-0.05, 0) is 6.42 Å². The zero-order valence-corrected chi connectivity index (χ0v) is 18.3. The van der Waals surface area contributed by atoms with E-state index in [2.05, 4.69) is 61.1 Å². The second kappa shape index (κ2) is 16.1. The molecule has 2 amide bonds. The van der Waals surface area contributed by atoms with Crippen LogP contribution in [-0.2, 0) is 49.2 Å². The Labute approximate surface area is 188 Å². The van der Waals surface area contributed by atoms with Crippen molar-refractivity contribution < 1.29 is 42.6 Å². The predicted octanol–water partition coefficient (Wildman–Crippen LogP) is -2.63. The number of rotatable bonds is 12. The number of aliphatic carboxylic acids is 3. The minimum Gasteiger partial charge on any atom is -0.480 e. The molecule has 166 valence electrons. The lowest BCUT2D eigenvalue weighted by atomic mass is 10.1. The van der Waals surface area contributed by atoms with Gasteiger partial charge in [0.1, 0.15) is 18.6 Å². The van der Waals surface area contributed by atoms with Crippen LogP contribution in [0.3, 0.4) is 0 Å². The molecule has 0 spiro atoms. The highest BCUT2D eigenvalue weighted by Gasteiger charge is 2.21. The van der Waals surface area contributed by atoms with E-state index in [-0.39, 0.29) is 24.3 Å². The Kier molecular flexibility index (Phi) is 16.3. The number of amides is 2. The van der Waals surface area contributed by atoms with Crippen molar-refractivity contribution in [2.45, 2.75) is 31.0 Å². The number of carbonyl (C=O) groups is 5. The van der Waals surface area contributed by atoms with Gasteiger partial charge in [0.05, 0.1) is 5.75 Å². The maximum absolute atomic E-state index is 11.5. The van der Waals surface area contributed by atoms with E-state index >= 15 is 0 Å². The highest BCUT2D eigenvalue weighted by atomic mass is 32.2. The molecule has 0 rings (SSSR count). The summed E-state index contributed by atoms with van der Waals surface area (Å²) < 4.78 is 0.787. The summed E-state index contributed by atoms with van der Waals surface area (Å²) in [4.78, 5) is 53.9. The van der Waals surface area contributed by atoms with Crippen LogP contribution in [0.4, 0.5) is 0 Å². The number of carboxylic acids is 3. The first kappa shape index (κ1) is 29.5. The maximum atomic E-state index is 11.5. The fourth-order valence-corrected chi connectivity index (χ4v) is 2.52. The van der Waals surface area contributed by atoms with Gasteiger partial charge in [-0.15, -0.1) is 0 Å². The summed E-state index contributed by atoms with van der Waals surface area (Å²) in [5.74, 6) is -4.60. The maximum Gasteiger partial charge on any atom is 0.373 e. The van der Waals surface area contributed by atoms with E-state index in [1.54, 1.807) is 0 Å². The second-order valence-electron chi connectivity index (χ2n) is 5.22. The monoisotopic (exact) mass is 490 g/mol. The zero-order valence-electron chi connectivity index (χ0n) is 14.9. The molecule has 0 aromatic heterocycles. The van der Waals surface area contributed by atoms with Crippen molar-refractivity contribution in [2.24, 2.45) is 5.73 Å². The number of nitrogens with zero attached hydrogens (tertiary/aromatic N) is 1. The molecule has 7 N–H and O–H groups in total. The number of hydrogen-bond acceptors (Lipinski definition) is 10. The summed E-state index contributed by atoms with van der Waals surface area (Å²) in [6.07, 6.45) is -0.235. The van der Waals surface area contributed by atoms with Crippen molar-refractivity contribution in [1.29, 1.82) is 0 Å². The van der Waals surface area contributed by atoms with Gasteiger partial charge in [-0.3, -0.25) is 19.2 Å². The molecule has 0 aromatic carbocycles. The molecule has 12 nitrogen and oxygen atoms in total. The molecule has 0 aliphatic heterocycles. The first-order valence-electron chi connectivity index (χ1n) is 7.72. The molecule has 0 radical (unpaired) electrons. The number of nitrogens with one attached hydrogen (secondary N) is 2. The van der Waals surface area contributed by atoms with Gasteiger partial charge in [0, 0.05) is 12.2 Å². The lowest BCUT2D eigenvalue weighted by Crippen LogP contribution is -2.49. The number of carboxylic acid groups (broad SMARTS) is 3. The van der Waals surface area contributed by atoms with Crippen molar-refractivity contribution in [3.63, 3.8) is 0 Å². The first-order valence-corrected chi connectivity index (χ1v) is 9.72. The largest absolute Gasteiger partial charge is 0.480 e. The Morgan fingerprint density at radius 1 is 1.07 bits per heavy atom. The molecule has 16 heteroatoms. The second-order valence-corrected chi connectivity index (χ2v) is 6.97. The topological polar surface area (TPSA) is 199 Å². The highest BCUT2D eigenvalue weighted by molar-refractivity contribution is 7.80. The Hall–Kier alpha value is -1.75. The Morgan fingerprint density at radius 2 is 1.62 bits per heavy atom. The molecular formula is C13H22N4O8S4. The third-order valence-electron chi connectivity index (χ3n) is 2.96. The molecule has 0 bridgehead atoms. The average molecular weight is 491 g/mol. The van der Waals surface area contributed by atoms with Crippen LogP contribution in [0.1, 0.15) is 12.8 Å². The fourth-order valence-electron chi connectivity index (χ4n) is 1.39. The summed E-state index contributed by atoms with van der Waals surface area (Å²) in [5.41, 5.74) is 5.23. The van der Waals surface area contributed by atoms with Gasteiger partial charge < -0.3 is 31.7 Å². The van der Waals surface area contributed by atoms with E-state index in [1.807, 2.05) is 0 Å². The number of nitrogens with two attached hydrogens (primary N) is 1. The van der Waals surface area contributed by atoms with Gasteiger partial charge in [-0.1, -0.05) is 25.2 Å². The van der Waals surface area contributed by atoms with Crippen LogP contribution in [0.15, 0.2) is 0 Å².